The fourth-order valence-corrected chi connectivity index (χ4v) is 3.28. The molecule has 1 aliphatic heterocycles. The van der Waals surface area contributed by atoms with E-state index in [1.807, 2.05) is 6.08 Å². The van der Waals surface area contributed by atoms with Crippen molar-refractivity contribution >= 4 is 11.6 Å². The summed E-state index contributed by atoms with van der Waals surface area (Å²) in [5.74, 6) is -3.38. The van der Waals surface area contributed by atoms with Gasteiger partial charge in [0.1, 0.15) is 0 Å². The lowest BCUT2D eigenvalue weighted by Crippen LogP contribution is -2.33. The highest BCUT2D eigenvalue weighted by Gasteiger charge is 2.57. The Morgan fingerprint density at radius 1 is 1.50 bits per heavy atom. The van der Waals surface area contributed by atoms with E-state index in [2.05, 4.69) is 5.32 Å². The number of hydrogen-bond acceptors (Lipinski definition) is 2. The molecule has 1 saturated carbocycles. The standard InChI is InChI=1S/C13H16ClF2NO/c14-11-10-1-2-17-6-8(10)3-7(12(11)18)4-9-5-13(9,15)16/h3,7,9,12,17-18H,1-2,4-6H2. The summed E-state index contributed by atoms with van der Waals surface area (Å²) in [6, 6.07) is 0. The van der Waals surface area contributed by atoms with Crippen molar-refractivity contribution in [2.75, 3.05) is 13.1 Å². The summed E-state index contributed by atoms with van der Waals surface area (Å²) in [5, 5.41) is 13.8. The van der Waals surface area contributed by atoms with E-state index in [1.165, 1.54) is 0 Å². The van der Waals surface area contributed by atoms with Crippen molar-refractivity contribution in [2.45, 2.75) is 31.3 Å². The molecule has 2 fully saturated rings. The molecule has 3 aliphatic rings. The molecule has 100 valence electrons. The van der Waals surface area contributed by atoms with Gasteiger partial charge in [0.2, 0.25) is 0 Å². The Labute approximate surface area is 110 Å². The molecule has 2 N–H and O–H groups in total. The highest BCUT2D eigenvalue weighted by molar-refractivity contribution is 6.31. The van der Waals surface area contributed by atoms with Crippen LogP contribution in [0.3, 0.4) is 0 Å². The van der Waals surface area contributed by atoms with Crippen LogP contribution in [0.4, 0.5) is 8.78 Å². The number of aliphatic hydroxyl groups excluding tert-OH is 1. The molecule has 3 atom stereocenters. The summed E-state index contributed by atoms with van der Waals surface area (Å²) in [5.41, 5.74) is 2.08. The van der Waals surface area contributed by atoms with Crippen molar-refractivity contribution in [3.63, 3.8) is 0 Å². The van der Waals surface area contributed by atoms with Crippen molar-refractivity contribution in [3.05, 3.63) is 22.3 Å². The molecule has 0 bridgehead atoms. The summed E-state index contributed by atoms with van der Waals surface area (Å²) in [7, 11) is 0. The predicted molar refractivity (Wildman–Crippen MR) is 65.6 cm³/mol. The largest absolute Gasteiger partial charge is 0.387 e. The first-order valence-corrected chi connectivity index (χ1v) is 6.73. The minimum atomic E-state index is -2.53. The second-order valence-corrected chi connectivity index (χ2v) is 5.86. The highest BCUT2D eigenvalue weighted by atomic mass is 35.5. The number of rotatable bonds is 2. The van der Waals surface area contributed by atoms with E-state index in [1.54, 1.807) is 0 Å². The summed E-state index contributed by atoms with van der Waals surface area (Å²) < 4.78 is 25.9. The normalized spacial score (nSPS) is 38.2. The average molecular weight is 276 g/mol. The Hall–Kier alpha value is -0.450. The molecule has 1 heterocycles. The molecule has 0 radical (unpaired) electrons. The Morgan fingerprint density at radius 3 is 2.89 bits per heavy atom. The third kappa shape index (κ3) is 2.10. The van der Waals surface area contributed by atoms with E-state index in [4.69, 9.17) is 11.6 Å². The Morgan fingerprint density at radius 2 is 2.22 bits per heavy atom. The molecule has 3 unspecified atom stereocenters. The first-order valence-electron chi connectivity index (χ1n) is 6.35. The fraction of sp³-hybridized carbons (Fsp3) is 0.692. The Balaban J connectivity index is 1.77. The van der Waals surface area contributed by atoms with Crippen LogP contribution < -0.4 is 5.32 Å². The van der Waals surface area contributed by atoms with Crippen LogP contribution in [0.1, 0.15) is 19.3 Å². The van der Waals surface area contributed by atoms with Crippen LogP contribution in [0, 0.1) is 11.8 Å². The van der Waals surface area contributed by atoms with Gasteiger partial charge in [0.05, 0.1) is 11.1 Å². The maximum absolute atomic E-state index is 12.9. The Bertz CT molecular complexity index is 433. The van der Waals surface area contributed by atoms with Gasteiger partial charge in [-0.3, -0.25) is 0 Å². The molecule has 5 heteroatoms. The molecule has 1 saturated heterocycles. The quantitative estimate of drug-likeness (QED) is 0.811. The lowest BCUT2D eigenvalue weighted by atomic mass is 9.82. The van der Waals surface area contributed by atoms with Crippen molar-refractivity contribution in [1.29, 1.82) is 0 Å². The van der Waals surface area contributed by atoms with Crippen LogP contribution in [-0.2, 0) is 0 Å². The van der Waals surface area contributed by atoms with Crippen LogP contribution in [0.5, 0.6) is 0 Å². The lowest BCUT2D eigenvalue weighted by Gasteiger charge is -2.32. The third-order valence-electron chi connectivity index (χ3n) is 4.14. The lowest BCUT2D eigenvalue weighted by molar-refractivity contribution is 0.0855. The van der Waals surface area contributed by atoms with Gasteiger partial charge in [0, 0.05) is 24.8 Å². The van der Waals surface area contributed by atoms with Crippen molar-refractivity contribution in [2.24, 2.45) is 11.8 Å². The van der Waals surface area contributed by atoms with E-state index >= 15 is 0 Å². The van der Waals surface area contributed by atoms with Crippen molar-refractivity contribution in [3.8, 4) is 0 Å². The zero-order valence-electron chi connectivity index (χ0n) is 9.93. The van der Waals surface area contributed by atoms with Crippen LogP contribution in [0.2, 0.25) is 0 Å². The maximum Gasteiger partial charge on any atom is 0.251 e. The molecule has 0 spiro atoms. The predicted octanol–water partition coefficient (Wildman–Crippen LogP) is 2.44. The average Bonchev–Trinajstić information content (AvgIpc) is 2.93. The minimum absolute atomic E-state index is 0.0498. The van der Waals surface area contributed by atoms with Gasteiger partial charge in [-0.2, -0.15) is 0 Å². The zero-order valence-corrected chi connectivity index (χ0v) is 10.7. The molecule has 2 nitrogen and oxygen atoms in total. The van der Waals surface area contributed by atoms with Gasteiger partial charge in [-0.1, -0.05) is 17.7 Å². The van der Waals surface area contributed by atoms with Gasteiger partial charge in [0.15, 0.2) is 0 Å². The molecule has 0 amide bonds. The number of piperidine rings is 1. The van der Waals surface area contributed by atoms with E-state index in [-0.39, 0.29) is 12.3 Å². The van der Waals surface area contributed by atoms with Gasteiger partial charge in [-0.15, -0.1) is 0 Å². The van der Waals surface area contributed by atoms with Gasteiger partial charge in [0.25, 0.3) is 5.92 Å². The van der Waals surface area contributed by atoms with Crippen molar-refractivity contribution in [1.82, 2.24) is 5.32 Å². The van der Waals surface area contributed by atoms with Crippen LogP contribution >= 0.6 is 11.6 Å². The Kier molecular flexibility index (Phi) is 3.00. The van der Waals surface area contributed by atoms with E-state index in [0.29, 0.717) is 11.5 Å². The summed E-state index contributed by atoms with van der Waals surface area (Å²) >= 11 is 6.18. The second kappa shape index (κ2) is 4.29. The van der Waals surface area contributed by atoms with Crippen LogP contribution in [0.25, 0.3) is 0 Å². The topological polar surface area (TPSA) is 32.3 Å². The second-order valence-electron chi connectivity index (χ2n) is 5.45. The van der Waals surface area contributed by atoms with Crippen LogP contribution in [0.15, 0.2) is 22.3 Å². The molecule has 3 rings (SSSR count). The van der Waals surface area contributed by atoms with Gasteiger partial charge in [-0.25, -0.2) is 8.78 Å². The number of nitrogens with one attached hydrogen (secondary N) is 1. The molecule has 0 aromatic heterocycles. The molecule has 0 aromatic rings. The number of fused-ring (bicyclic) bond motifs is 1. The molecule has 2 aliphatic carbocycles. The molecular weight excluding hydrogens is 260 g/mol. The maximum atomic E-state index is 12.9. The van der Waals surface area contributed by atoms with Gasteiger partial charge >= 0.3 is 0 Å². The SMILES string of the molecule is OC1C(Cl)=C2CCNCC2=CC1CC1CC1(F)F. The first kappa shape index (κ1) is 12.6. The smallest absolute Gasteiger partial charge is 0.251 e. The molecule has 0 aromatic carbocycles. The highest BCUT2D eigenvalue weighted by Crippen LogP contribution is 2.53. The third-order valence-corrected chi connectivity index (χ3v) is 4.59. The minimum Gasteiger partial charge on any atom is -0.387 e. The van der Waals surface area contributed by atoms with E-state index < -0.39 is 17.9 Å². The van der Waals surface area contributed by atoms with E-state index in [0.717, 1.165) is 30.7 Å². The summed E-state index contributed by atoms with van der Waals surface area (Å²) in [4.78, 5) is 0. The number of halogens is 3. The zero-order chi connectivity index (χ0) is 12.9. The fourth-order valence-electron chi connectivity index (χ4n) is 2.90. The summed E-state index contributed by atoms with van der Waals surface area (Å²) in [6.45, 7) is 1.57. The van der Waals surface area contributed by atoms with Crippen molar-refractivity contribution < 1.29 is 13.9 Å². The monoisotopic (exact) mass is 275 g/mol. The summed E-state index contributed by atoms with van der Waals surface area (Å²) in [6.07, 6.45) is 2.20. The number of aliphatic hydroxyl groups is 1. The van der Waals surface area contributed by atoms with Gasteiger partial charge in [-0.05, 0) is 30.5 Å². The van der Waals surface area contributed by atoms with Crippen LogP contribution in [-0.4, -0.2) is 30.2 Å². The first-order chi connectivity index (χ1) is 8.49. The number of hydrogen-bond donors (Lipinski definition) is 2. The molecular formula is C13H16ClF2NO. The molecule has 18 heavy (non-hydrogen) atoms. The van der Waals surface area contributed by atoms with E-state index in [9.17, 15) is 13.9 Å². The number of alkyl halides is 2. The van der Waals surface area contributed by atoms with Gasteiger partial charge < -0.3 is 10.4 Å².